The third-order valence-electron chi connectivity index (χ3n) is 3.88. The molecule has 6 nitrogen and oxygen atoms in total. The number of benzene rings is 1. The van der Waals surface area contributed by atoms with Gasteiger partial charge in [-0.3, -0.25) is 9.07 Å². The van der Waals surface area contributed by atoms with E-state index in [4.69, 9.17) is 11.6 Å². The molecule has 2 N–H and O–H groups in total. The third-order valence-corrected chi connectivity index (χ3v) is 4.29. The van der Waals surface area contributed by atoms with E-state index in [1.807, 2.05) is 46.0 Å². The molecule has 0 fully saturated rings. The summed E-state index contributed by atoms with van der Waals surface area (Å²) < 4.78 is 14.0. The van der Waals surface area contributed by atoms with Crippen molar-refractivity contribution in [1.29, 1.82) is 0 Å². The largest absolute Gasteiger partial charge is 0.365 e. The zero-order chi connectivity index (χ0) is 19.8. The molecule has 0 atom stereocenters. The highest BCUT2D eigenvalue weighted by Gasteiger charge is 2.11. The maximum atomic E-state index is 12.3. The summed E-state index contributed by atoms with van der Waals surface area (Å²) in [6.45, 7) is 6.65. The SMILES string of the molecule is CC.Cc1ccc(CNc2nc(NCCCF)nc3c2cnn3C)cc1Cl. The number of anilines is 2. The fourth-order valence-electron chi connectivity index (χ4n) is 2.44. The Kier molecular flexibility index (Phi) is 7.79. The minimum atomic E-state index is -0.375. The fourth-order valence-corrected chi connectivity index (χ4v) is 2.64. The first kappa shape index (κ1) is 20.9. The quantitative estimate of drug-likeness (QED) is 0.568. The summed E-state index contributed by atoms with van der Waals surface area (Å²) in [5, 5.41) is 12.2. The van der Waals surface area contributed by atoms with Gasteiger partial charge in [0, 0.05) is 25.2 Å². The van der Waals surface area contributed by atoms with Gasteiger partial charge in [-0.05, 0) is 30.5 Å². The lowest BCUT2D eigenvalue weighted by Crippen LogP contribution is -2.10. The molecule has 0 amide bonds. The topological polar surface area (TPSA) is 67.7 Å². The lowest BCUT2D eigenvalue weighted by atomic mass is 10.1. The van der Waals surface area contributed by atoms with Crippen LogP contribution in [0.15, 0.2) is 24.4 Å². The standard InChI is InChI=1S/C17H20ClFN6.C2H6/c1-11-4-5-12(8-14(11)18)9-21-15-13-10-22-25(2)16(13)24-17(23-15)20-7-3-6-19;1-2/h4-5,8,10H,3,6-7,9H2,1-2H3,(H2,20,21,23,24);1-2H3. The highest BCUT2D eigenvalue weighted by Crippen LogP contribution is 2.23. The molecule has 0 radical (unpaired) electrons. The van der Waals surface area contributed by atoms with Gasteiger partial charge in [0.25, 0.3) is 0 Å². The number of nitrogens with zero attached hydrogens (tertiary/aromatic N) is 4. The van der Waals surface area contributed by atoms with E-state index in [-0.39, 0.29) is 6.67 Å². The van der Waals surface area contributed by atoms with E-state index in [1.54, 1.807) is 10.9 Å². The fraction of sp³-hybridized carbons (Fsp3) is 0.421. The predicted molar refractivity (Wildman–Crippen MR) is 110 cm³/mol. The number of nitrogens with one attached hydrogen (secondary N) is 2. The lowest BCUT2D eigenvalue weighted by Gasteiger charge is -2.11. The van der Waals surface area contributed by atoms with E-state index in [2.05, 4.69) is 25.7 Å². The first-order chi connectivity index (χ1) is 13.1. The van der Waals surface area contributed by atoms with Gasteiger partial charge in [-0.1, -0.05) is 37.6 Å². The lowest BCUT2D eigenvalue weighted by molar-refractivity contribution is 0.481. The number of rotatable bonds is 7. The minimum Gasteiger partial charge on any atom is -0.365 e. The maximum absolute atomic E-state index is 12.3. The molecule has 27 heavy (non-hydrogen) atoms. The number of halogens is 2. The Morgan fingerprint density at radius 1 is 1.19 bits per heavy atom. The van der Waals surface area contributed by atoms with Crippen LogP contribution in [-0.4, -0.2) is 33.0 Å². The molecule has 2 heterocycles. The molecule has 3 rings (SSSR count). The van der Waals surface area contributed by atoms with Crippen molar-refractivity contribution in [3.63, 3.8) is 0 Å². The summed E-state index contributed by atoms with van der Waals surface area (Å²) in [7, 11) is 1.82. The summed E-state index contributed by atoms with van der Waals surface area (Å²) in [6, 6.07) is 5.95. The van der Waals surface area contributed by atoms with Crippen LogP contribution in [0.1, 0.15) is 31.4 Å². The molecule has 0 bridgehead atoms. The van der Waals surface area contributed by atoms with Crippen molar-refractivity contribution < 1.29 is 4.39 Å². The van der Waals surface area contributed by atoms with Crippen molar-refractivity contribution >= 4 is 34.4 Å². The number of hydrogen-bond donors (Lipinski definition) is 2. The first-order valence-corrected chi connectivity index (χ1v) is 9.45. The average Bonchev–Trinajstić information content (AvgIpc) is 3.05. The molecule has 2 aromatic heterocycles. The van der Waals surface area contributed by atoms with E-state index in [0.29, 0.717) is 36.9 Å². The van der Waals surface area contributed by atoms with Gasteiger partial charge in [0.2, 0.25) is 5.95 Å². The molecular weight excluding hydrogens is 367 g/mol. The molecule has 3 aromatic rings. The predicted octanol–water partition coefficient (Wildman–Crippen LogP) is 4.73. The zero-order valence-electron chi connectivity index (χ0n) is 16.2. The normalized spacial score (nSPS) is 10.4. The van der Waals surface area contributed by atoms with Crippen molar-refractivity contribution in [3.8, 4) is 0 Å². The van der Waals surface area contributed by atoms with Gasteiger partial charge in [0.15, 0.2) is 5.65 Å². The Labute approximate surface area is 164 Å². The Balaban J connectivity index is 0.00000126. The number of alkyl halides is 1. The van der Waals surface area contributed by atoms with Crippen LogP contribution in [0.25, 0.3) is 11.0 Å². The Morgan fingerprint density at radius 2 is 1.96 bits per heavy atom. The second-order valence-electron chi connectivity index (χ2n) is 5.81. The van der Waals surface area contributed by atoms with E-state index in [9.17, 15) is 4.39 Å². The van der Waals surface area contributed by atoms with Crippen LogP contribution in [0.4, 0.5) is 16.2 Å². The van der Waals surface area contributed by atoms with Gasteiger partial charge < -0.3 is 10.6 Å². The van der Waals surface area contributed by atoms with E-state index >= 15 is 0 Å². The second kappa shape index (κ2) is 10.1. The molecule has 0 saturated carbocycles. The van der Waals surface area contributed by atoms with Gasteiger partial charge in [-0.2, -0.15) is 15.1 Å². The summed E-state index contributed by atoms with van der Waals surface area (Å²) in [5.41, 5.74) is 2.81. The number of aryl methyl sites for hydroxylation is 2. The number of hydrogen-bond acceptors (Lipinski definition) is 5. The van der Waals surface area contributed by atoms with Crippen molar-refractivity contribution in [1.82, 2.24) is 19.7 Å². The van der Waals surface area contributed by atoms with Crippen LogP contribution in [0.5, 0.6) is 0 Å². The zero-order valence-corrected chi connectivity index (χ0v) is 16.9. The number of fused-ring (bicyclic) bond motifs is 1. The van der Waals surface area contributed by atoms with Crippen LogP contribution in [-0.2, 0) is 13.6 Å². The van der Waals surface area contributed by atoms with E-state index in [0.717, 1.165) is 21.5 Å². The molecule has 0 aliphatic carbocycles. The molecule has 0 aliphatic heterocycles. The molecule has 1 aromatic carbocycles. The highest BCUT2D eigenvalue weighted by molar-refractivity contribution is 6.31. The summed E-state index contributed by atoms with van der Waals surface area (Å²) >= 11 is 6.18. The van der Waals surface area contributed by atoms with Gasteiger partial charge in [0.1, 0.15) is 5.82 Å². The molecule has 0 saturated heterocycles. The van der Waals surface area contributed by atoms with Crippen molar-refractivity contribution in [2.45, 2.75) is 33.7 Å². The Bertz CT molecular complexity index is 880. The number of aromatic nitrogens is 4. The van der Waals surface area contributed by atoms with Crippen molar-refractivity contribution in [2.75, 3.05) is 23.9 Å². The molecule has 146 valence electrons. The van der Waals surface area contributed by atoms with Gasteiger partial charge in [0.05, 0.1) is 18.3 Å². The Morgan fingerprint density at radius 3 is 2.67 bits per heavy atom. The molecule has 0 unspecified atom stereocenters. The van der Waals surface area contributed by atoms with Crippen LogP contribution < -0.4 is 10.6 Å². The van der Waals surface area contributed by atoms with E-state index in [1.165, 1.54) is 0 Å². The second-order valence-corrected chi connectivity index (χ2v) is 6.21. The first-order valence-electron chi connectivity index (χ1n) is 9.07. The van der Waals surface area contributed by atoms with Crippen LogP contribution >= 0.6 is 11.6 Å². The monoisotopic (exact) mass is 392 g/mol. The summed E-state index contributed by atoms with van der Waals surface area (Å²) in [6.07, 6.45) is 2.14. The van der Waals surface area contributed by atoms with Crippen LogP contribution in [0.3, 0.4) is 0 Å². The third kappa shape index (κ3) is 5.29. The van der Waals surface area contributed by atoms with Crippen molar-refractivity contribution in [2.24, 2.45) is 7.05 Å². The van der Waals surface area contributed by atoms with Gasteiger partial charge in [-0.25, -0.2) is 0 Å². The highest BCUT2D eigenvalue weighted by atomic mass is 35.5. The molecule has 0 spiro atoms. The molecular formula is C19H26ClFN6. The minimum absolute atomic E-state index is 0.375. The average molecular weight is 393 g/mol. The maximum Gasteiger partial charge on any atom is 0.226 e. The summed E-state index contributed by atoms with van der Waals surface area (Å²) in [4.78, 5) is 8.94. The molecule has 8 heteroatoms. The molecule has 0 aliphatic rings. The summed E-state index contributed by atoms with van der Waals surface area (Å²) in [5.74, 6) is 1.13. The van der Waals surface area contributed by atoms with Gasteiger partial charge >= 0.3 is 0 Å². The van der Waals surface area contributed by atoms with E-state index < -0.39 is 0 Å². The van der Waals surface area contributed by atoms with Crippen LogP contribution in [0.2, 0.25) is 5.02 Å². The Hall–Kier alpha value is -2.41. The van der Waals surface area contributed by atoms with Crippen LogP contribution in [0, 0.1) is 6.92 Å². The van der Waals surface area contributed by atoms with Gasteiger partial charge in [-0.15, -0.1) is 0 Å². The van der Waals surface area contributed by atoms with Crippen molar-refractivity contribution in [3.05, 3.63) is 40.5 Å². The smallest absolute Gasteiger partial charge is 0.226 e.